The quantitative estimate of drug-likeness (QED) is 0.852. The molecule has 1 fully saturated rings. The Kier molecular flexibility index (Phi) is 3.40. The molecule has 1 aliphatic heterocycles. The first kappa shape index (κ1) is 11.3. The van der Waals surface area contributed by atoms with Gasteiger partial charge >= 0.3 is 10.8 Å². The zero-order valence-electron chi connectivity index (χ0n) is 8.72. The molecule has 0 spiro atoms. The van der Waals surface area contributed by atoms with Crippen molar-refractivity contribution in [3.05, 3.63) is 20.7 Å². The molecule has 1 saturated heterocycles. The van der Waals surface area contributed by atoms with E-state index in [1.807, 2.05) is 5.38 Å². The van der Waals surface area contributed by atoms with Gasteiger partial charge in [0.1, 0.15) is 0 Å². The minimum absolute atomic E-state index is 0.0166. The van der Waals surface area contributed by atoms with Gasteiger partial charge in [-0.25, -0.2) is 0 Å². The number of nitrogens with zero attached hydrogens (tertiary/aromatic N) is 1. The van der Waals surface area contributed by atoms with Gasteiger partial charge in [-0.15, -0.1) is 0 Å². The summed E-state index contributed by atoms with van der Waals surface area (Å²) in [7, 11) is 0. The highest BCUT2D eigenvalue weighted by Crippen LogP contribution is 2.25. The molecular formula is C10H13NO4S. The topological polar surface area (TPSA) is 68.5 Å². The third-order valence-electron chi connectivity index (χ3n) is 2.71. The molecule has 2 heterocycles. The number of aromatic nitrogens is 1. The van der Waals surface area contributed by atoms with Gasteiger partial charge in [-0.1, -0.05) is 11.3 Å². The average Bonchev–Trinajstić information content (AvgIpc) is 2.83. The van der Waals surface area contributed by atoms with Crippen molar-refractivity contribution < 1.29 is 14.6 Å². The Labute approximate surface area is 96.3 Å². The van der Waals surface area contributed by atoms with E-state index in [4.69, 9.17) is 9.84 Å². The van der Waals surface area contributed by atoms with Crippen molar-refractivity contribution in [3.8, 4) is 0 Å². The third kappa shape index (κ3) is 2.33. The van der Waals surface area contributed by atoms with Crippen LogP contribution in [0.25, 0.3) is 0 Å². The van der Waals surface area contributed by atoms with Gasteiger partial charge < -0.3 is 14.4 Å². The van der Waals surface area contributed by atoms with Crippen LogP contribution in [0.1, 0.15) is 24.5 Å². The zero-order chi connectivity index (χ0) is 11.5. The summed E-state index contributed by atoms with van der Waals surface area (Å²) in [5, 5.41) is 10.4. The van der Waals surface area contributed by atoms with Crippen LogP contribution in [0.15, 0.2) is 10.2 Å². The molecule has 5 nitrogen and oxygen atoms in total. The Morgan fingerprint density at radius 2 is 2.50 bits per heavy atom. The smallest absolute Gasteiger partial charge is 0.307 e. The summed E-state index contributed by atoms with van der Waals surface area (Å²) in [6.07, 6.45) is 0.889. The number of hydrogen-bond donors (Lipinski definition) is 1. The number of carbonyl (C=O) groups is 1. The Morgan fingerprint density at radius 1 is 1.69 bits per heavy atom. The molecule has 2 rings (SSSR count). The van der Waals surface area contributed by atoms with Crippen molar-refractivity contribution in [2.45, 2.75) is 25.3 Å². The van der Waals surface area contributed by atoms with Crippen LogP contribution in [-0.2, 0) is 16.1 Å². The molecule has 0 aliphatic carbocycles. The number of rotatable bonds is 4. The SMILES string of the molecule is O=C(O)CCn1c(C2CCOC2)csc1=O. The number of carboxylic acids is 1. The lowest BCUT2D eigenvalue weighted by molar-refractivity contribution is -0.137. The fraction of sp³-hybridized carbons (Fsp3) is 0.600. The monoisotopic (exact) mass is 243 g/mol. The fourth-order valence-electron chi connectivity index (χ4n) is 1.86. The molecule has 1 aliphatic rings. The Bertz CT molecular complexity index is 430. The highest BCUT2D eigenvalue weighted by Gasteiger charge is 2.22. The first-order valence-corrected chi connectivity index (χ1v) is 6.04. The first-order valence-electron chi connectivity index (χ1n) is 5.16. The van der Waals surface area contributed by atoms with E-state index in [1.54, 1.807) is 4.57 Å². The summed E-state index contributed by atoms with van der Waals surface area (Å²) in [4.78, 5) is 22.0. The zero-order valence-corrected chi connectivity index (χ0v) is 9.53. The van der Waals surface area contributed by atoms with Crippen LogP contribution in [0.3, 0.4) is 0 Å². The Hall–Kier alpha value is -1.14. The number of ether oxygens (including phenoxy) is 1. The highest BCUT2D eigenvalue weighted by atomic mass is 32.1. The molecule has 1 unspecified atom stereocenters. The highest BCUT2D eigenvalue weighted by molar-refractivity contribution is 7.07. The van der Waals surface area contributed by atoms with E-state index < -0.39 is 5.97 Å². The molecule has 0 radical (unpaired) electrons. The summed E-state index contributed by atoms with van der Waals surface area (Å²) in [6.45, 7) is 1.60. The van der Waals surface area contributed by atoms with E-state index >= 15 is 0 Å². The van der Waals surface area contributed by atoms with E-state index in [0.717, 1.165) is 23.5 Å². The van der Waals surface area contributed by atoms with Crippen LogP contribution in [0.2, 0.25) is 0 Å². The molecule has 0 bridgehead atoms. The second-order valence-corrected chi connectivity index (χ2v) is 4.60. The summed E-state index contributed by atoms with van der Waals surface area (Å²) in [5.41, 5.74) is 0.925. The summed E-state index contributed by atoms with van der Waals surface area (Å²) < 4.78 is 6.84. The second-order valence-electron chi connectivity index (χ2n) is 3.78. The third-order valence-corrected chi connectivity index (χ3v) is 3.49. The van der Waals surface area contributed by atoms with E-state index in [1.165, 1.54) is 0 Å². The number of aliphatic carboxylic acids is 1. The second kappa shape index (κ2) is 4.80. The van der Waals surface area contributed by atoms with Gasteiger partial charge in [-0.3, -0.25) is 9.59 Å². The van der Waals surface area contributed by atoms with Crippen LogP contribution in [0.5, 0.6) is 0 Å². The first-order chi connectivity index (χ1) is 7.68. The van der Waals surface area contributed by atoms with Crippen molar-refractivity contribution in [3.63, 3.8) is 0 Å². The molecule has 1 aromatic heterocycles. The molecule has 1 N–H and O–H groups in total. The van der Waals surface area contributed by atoms with Crippen molar-refractivity contribution in [2.75, 3.05) is 13.2 Å². The molecule has 0 saturated carbocycles. The molecular weight excluding hydrogens is 230 g/mol. The van der Waals surface area contributed by atoms with Crippen LogP contribution in [-0.4, -0.2) is 28.9 Å². The minimum atomic E-state index is -0.883. The molecule has 6 heteroatoms. The maximum Gasteiger partial charge on any atom is 0.307 e. The fourth-order valence-corrected chi connectivity index (χ4v) is 2.72. The predicted molar refractivity (Wildman–Crippen MR) is 59.0 cm³/mol. The van der Waals surface area contributed by atoms with Crippen molar-refractivity contribution in [1.82, 2.24) is 4.57 Å². The maximum absolute atomic E-state index is 11.6. The Balaban J connectivity index is 2.18. The van der Waals surface area contributed by atoms with Crippen LogP contribution in [0.4, 0.5) is 0 Å². The average molecular weight is 243 g/mol. The number of hydrogen-bond acceptors (Lipinski definition) is 4. The lowest BCUT2D eigenvalue weighted by Crippen LogP contribution is -2.20. The lowest BCUT2D eigenvalue weighted by Gasteiger charge is -2.10. The summed E-state index contributed by atoms with van der Waals surface area (Å²) in [6, 6.07) is 0. The standard InChI is InChI=1S/C10H13NO4S/c12-9(13)1-3-11-8(6-16-10(11)14)7-2-4-15-5-7/h6-7H,1-5H2,(H,12,13). The van der Waals surface area contributed by atoms with E-state index in [0.29, 0.717) is 13.2 Å². The largest absolute Gasteiger partial charge is 0.481 e. The van der Waals surface area contributed by atoms with Crippen molar-refractivity contribution >= 4 is 17.3 Å². The van der Waals surface area contributed by atoms with Gasteiger partial charge in [-0.2, -0.15) is 0 Å². The molecule has 1 atom stereocenters. The molecule has 0 amide bonds. The van der Waals surface area contributed by atoms with Crippen LogP contribution < -0.4 is 4.87 Å². The van der Waals surface area contributed by atoms with Gasteiger partial charge in [0, 0.05) is 30.1 Å². The predicted octanol–water partition coefficient (Wildman–Crippen LogP) is 0.888. The molecule has 88 valence electrons. The lowest BCUT2D eigenvalue weighted by atomic mass is 10.1. The molecule has 1 aromatic rings. The van der Waals surface area contributed by atoms with E-state index in [-0.39, 0.29) is 23.8 Å². The number of thiazole rings is 1. The molecule has 16 heavy (non-hydrogen) atoms. The normalized spacial score (nSPS) is 20.1. The Morgan fingerprint density at radius 3 is 3.12 bits per heavy atom. The van der Waals surface area contributed by atoms with Crippen LogP contribution >= 0.6 is 11.3 Å². The minimum Gasteiger partial charge on any atom is -0.481 e. The van der Waals surface area contributed by atoms with E-state index in [9.17, 15) is 9.59 Å². The molecule has 0 aromatic carbocycles. The van der Waals surface area contributed by atoms with Gasteiger partial charge in [-0.05, 0) is 6.42 Å². The van der Waals surface area contributed by atoms with Gasteiger partial charge in [0.2, 0.25) is 0 Å². The van der Waals surface area contributed by atoms with Crippen LogP contribution in [0, 0.1) is 0 Å². The van der Waals surface area contributed by atoms with E-state index in [2.05, 4.69) is 0 Å². The maximum atomic E-state index is 11.6. The number of carboxylic acid groups (broad SMARTS) is 1. The van der Waals surface area contributed by atoms with Gasteiger partial charge in [0.25, 0.3) is 0 Å². The van der Waals surface area contributed by atoms with Gasteiger partial charge in [0.15, 0.2) is 0 Å². The van der Waals surface area contributed by atoms with Crippen molar-refractivity contribution in [1.29, 1.82) is 0 Å². The van der Waals surface area contributed by atoms with Gasteiger partial charge in [0.05, 0.1) is 13.0 Å². The summed E-state index contributed by atoms with van der Waals surface area (Å²) in [5.74, 6) is -0.639. The van der Waals surface area contributed by atoms with Crippen molar-refractivity contribution in [2.24, 2.45) is 0 Å². The summed E-state index contributed by atoms with van der Waals surface area (Å²) >= 11 is 1.13.